The zero-order valence-corrected chi connectivity index (χ0v) is 10.3. The fourth-order valence-electron chi connectivity index (χ4n) is 1.42. The topological polar surface area (TPSA) is 33.2 Å². The van der Waals surface area contributed by atoms with Crippen molar-refractivity contribution in [1.82, 2.24) is 9.88 Å². The fourth-order valence-corrected chi connectivity index (χ4v) is 1.42. The first-order chi connectivity index (χ1) is 7.52. The van der Waals surface area contributed by atoms with Crippen LogP contribution in [0.1, 0.15) is 35.7 Å². The number of rotatable bonds is 4. The largest absolute Gasteiger partial charge is 0.383 e. The summed E-state index contributed by atoms with van der Waals surface area (Å²) in [6, 6.07) is 1.90. The van der Waals surface area contributed by atoms with Gasteiger partial charge < -0.3 is 4.90 Å². The van der Waals surface area contributed by atoms with E-state index in [1.165, 1.54) is 0 Å². The van der Waals surface area contributed by atoms with Gasteiger partial charge in [0.15, 0.2) is 5.78 Å². The second-order valence-corrected chi connectivity index (χ2v) is 4.26. The minimum Gasteiger partial charge on any atom is -0.383 e. The van der Waals surface area contributed by atoms with Crippen LogP contribution in [-0.4, -0.2) is 29.8 Å². The Hall–Kier alpha value is -1.64. The second kappa shape index (κ2) is 5.45. The molecule has 0 N–H and O–H groups in total. The molecule has 1 aromatic rings. The highest BCUT2D eigenvalue weighted by molar-refractivity contribution is 6.05. The Kier molecular flexibility index (Phi) is 4.23. The van der Waals surface area contributed by atoms with Crippen molar-refractivity contribution in [1.29, 1.82) is 0 Å². The Morgan fingerprint density at radius 3 is 2.69 bits per heavy atom. The van der Waals surface area contributed by atoms with Crippen LogP contribution in [-0.2, 0) is 0 Å². The van der Waals surface area contributed by atoms with E-state index in [-0.39, 0.29) is 5.78 Å². The first-order valence-electron chi connectivity index (χ1n) is 5.35. The Bertz CT molecular complexity index is 395. The van der Waals surface area contributed by atoms with Crippen LogP contribution in [0.15, 0.2) is 30.7 Å². The number of carbonyl (C=O) groups excluding carboxylic acids is 1. The summed E-state index contributed by atoms with van der Waals surface area (Å²) < 4.78 is 0. The van der Waals surface area contributed by atoms with E-state index in [0.29, 0.717) is 11.5 Å². The van der Waals surface area contributed by atoms with E-state index in [0.717, 1.165) is 5.56 Å². The molecule has 0 atom stereocenters. The predicted octanol–water partition coefficient (Wildman–Crippen LogP) is 2.46. The maximum Gasteiger partial charge on any atom is 0.189 e. The summed E-state index contributed by atoms with van der Waals surface area (Å²) in [7, 11) is 3.77. The molecule has 86 valence electrons. The highest BCUT2D eigenvalue weighted by Crippen LogP contribution is 2.18. The monoisotopic (exact) mass is 218 g/mol. The van der Waals surface area contributed by atoms with Gasteiger partial charge in [-0.2, -0.15) is 0 Å². The molecule has 1 heterocycles. The lowest BCUT2D eigenvalue weighted by atomic mass is 9.97. The summed E-state index contributed by atoms with van der Waals surface area (Å²) in [6.07, 6.45) is 6.68. The average Bonchev–Trinajstić information content (AvgIpc) is 2.25. The summed E-state index contributed by atoms with van der Waals surface area (Å²) in [6.45, 7) is 4.14. The van der Waals surface area contributed by atoms with Crippen LogP contribution in [0, 0.1) is 0 Å². The normalized spacial score (nSPS) is 11.1. The van der Waals surface area contributed by atoms with Crippen molar-refractivity contribution < 1.29 is 4.79 Å². The molecular formula is C13H18N2O. The van der Waals surface area contributed by atoms with Crippen LogP contribution in [0.2, 0.25) is 0 Å². The summed E-state index contributed by atoms with van der Waals surface area (Å²) in [4.78, 5) is 17.8. The molecule has 0 bridgehead atoms. The van der Waals surface area contributed by atoms with E-state index in [1.807, 2.05) is 25.1 Å². The van der Waals surface area contributed by atoms with E-state index in [4.69, 9.17) is 0 Å². The Labute approximate surface area is 96.8 Å². The van der Waals surface area contributed by atoms with Crippen LogP contribution >= 0.6 is 0 Å². The SMILES string of the molecule is CC(C)c1ccncc1C(=O)/C=C/N(C)C. The standard InChI is InChI=1S/C13H18N2O/c1-10(2)11-5-7-14-9-12(11)13(16)6-8-15(3)4/h5-10H,1-4H3/b8-6+. The van der Waals surface area contributed by atoms with Gasteiger partial charge >= 0.3 is 0 Å². The zero-order valence-electron chi connectivity index (χ0n) is 10.3. The minimum absolute atomic E-state index is 0.00509. The Balaban J connectivity index is 2.99. The Morgan fingerprint density at radius 1 is 1.44 bits per heavy atom. The van der Waals surface area contributed by atoms with Gasteiger partial charge in [-0.3, -0.25) is 9.78 Å². The third-order valence-electron chi connectivity index (χ3n) is 2.27. The molecule has 0 saturated heterocycles. The zero-order chi connectivity index (χ0) is 12.1. The molecule has 0 fully saturated rings. The number of nitrogens with zero attached hydrogens (tertiary/aromatic N) is 2. The van der Waals surface area contributed by atoms with Gasteiger partial charge in [-0.1, -0.05) is 13.8 Å². The molecule has 3 heteroatoms. The number of pyridine rings is 1. The van der Waals surface area contributed by atoms with Gasteiger partial charge in [0.1, 0.15) is 0 Å². The maximum absolute atomic E-state index is 11.9. The van der Waals surface area contributed by atoms with Gasteiger partial charge in [0, 0.05) is 44.3 Å². The number of hydrogen-bond acceptors (Lipinski definition) is 3. The highest BCUT2D eigenvalue weighted by atomic mass is 16.1. The second-order valence-electron chi connectivity index (χ2n) is 4.26. The molecule has 16 heavy (non-hydrogen) atoms. The molecule has 0 amide bonds. The summed E-state index contributed by atoms with van der Waals surface area (Å²) >= 11 is 0. The van der Waals surface area contributed by atoms with Crippen molar-refractivity contribution in [2.75, 3.05) is 14.1 Å². The number of carbonyl (C=O) groups is 1. The summed E-state index contributed by atoms with van der Waals surface area (Å²) in [5.74, 6) is 0.334. The molecule has 0 unspecified atom stereocenters. The first-order valence-corrected chi connectivity index (χ1v) is 5.35. The van der Waals surface area contributed by atoms with Crippen LogP contribution in [0.3, 0.4) is 0 Å². The van der Waals surface area contributed by atoms with Gasteiger partial charge in [-0.05, 0) is 17.5 Å². The third kappa shape index (κ3) is 3.19. The fraction of sp³-hybridized carbons (Fsp3) is 0.385. The van der Waals surface area contributed by atoms with E-state index < -0.39 is 0 Å². The molecule has 1 rings (SSSR count). The van der Waals surface area contributed by atoms with Crippen molar-refractivity contribution in [3.8, 4) is 0 Å². The van der Waals surface area contributed by atoms with Gasteiger partial charge in [-0.15, -0.1) is 0 Å². The maximum atomic E-state index is 11.9. The molecule has 1 aromatic heterocycles. The van der Waals surface area contributed by atoms with Crippen molar-refractivity contribution >= 4 is 5.78 Å². The van der Waals surface area contributed by atoms with Crippen molar-refractivity contribution in [3.05, 3.63) is 41.9 Å². The number of ketones is 1. The van der Waals surface area contributed by atoms with Gasteiger partial charge in [0.2, 0.25) is 0 Å². The number of hydrogen-bond donors (Lipinski definition) is 0. The first kappa shape index (κ1) is 12.4. The lowest BCUT2D eigenvalue weighted by Gasteiger charge is -2.09. The smallest absolute Gasteiger partial charge is 0.189 e. The van der Waals surface area contributed by atoms with Crippen LogP contribution < -0.4 is 0 Å². The summed E-state index contributed by atoms with van der Waals surface area (Å²) in [5, 5.41) is 0. The molecule has 0 radical (unpaired) electrons. The molecule has 0 aliphatic rings. The third-order valence-corrected chi connectivity index (χ3v) is 2.27. The molecule has 0 aliphatic carbocycles. The van der Waals surface area contributed by atoms with Crippen LogP contribution in [0.4, 0.5) is 0 Å². The van der Waals surface area contributed by atoms with Crippen molar-refractivity contribution in [2.45, 2.75) is 19.8 Å². The van der Waals surface area contributed by atoms with Gasteiger partial charge in [-0.25, -0.2) is 0 Å². The summed E-state index contributed by atoms with van der Waals surface area (Å²) in [5.41, 5.74) is 1.74. The minimum atomic E-state index is 0.00509. The quantitative estimate of drug-likeness (QED) is 0.575. The molecule has 0 aromatic carbocycles. The molecule has 0 aliphatic heterocycles. The van der Waals surface area contributed by atoms with E-state index >= 15 is 0 Å². The lowest BCUT2D eigenvalue weighted by molar-refractivity contribution is 0.104. The highest BCUT2D eigenvalue weighted by Gasteiger charge is 2.11. The van der Waals surface area contributed by atoms with Crippen LogP contribution in [0.5, 0.6) is 0 Å². The van der Waals surface area contributed by atoms with E-state index in [2.05, 4.69) is 18.8 Å². The average molecular weight is 218 g/mol. The van der Waals surface area contributed by atoms with Gasteiger partial charge in [0.05, 0.1) is 0 Å². The van der Waals surface area contributed by atoms with E-state index in [1.54, 1.807) is 24.7 Å². The predicted molar refractivity (Wildman–Crippen MR) is 65.5 cm³/mol. The van der Waals surface area contributed by atoms with Crippen molar-refractivity contribution in [2.24, 2.45) is 0 Å². The number of aromatic nitrogens is 1. The molecule has 0 saturated carbocycles. The van der Waals surface area contributed by atoms with E-state index in [9.17, 15) is 4.79 Å². The number of allylic oxidation sites excluding steroid dienone is 1. The molecule has 0 spiro atoms. The van der Waals surface area contributed by atoms with Crippen molar-refractivity contribution in [3.63, 3.8) is 0 Å². The lowest BCUT2D eigenvalue weighted by Crippen LogP contribution is -2.06. The van der Waals surface area contributed by atoms with Gasteiger partial charge in [0.25, 0.3) is 0 Å². The molecule has 3 nitrogen and oxygen atoms in total. The molecular weight excluding hydrogens is 200 g/mol. The van der Waals surface area contributed by atoms with Crippen LogP contribution in [0.25, 0.3) is 0 Å². The Morgan fingerprint density at radius 2 is 2.12 bits per heavy atom.